The highest BCUT2D eigenvalue weighted by Crippen LogP contribution is 2.43. The Morgan fingerprint density at radius 2 is 1.33 bits per heavy atom. The van der Waals surface area contributed by atoms with Crippen LogP contribution in [0.1, 0.15) is 18.5 Å². The first-order valence-electron chi connectivity index (χ1n) is 5.05. The van der Waals surface area contributed by atoms with E-state index in [9.17, 15) is 4.79 Å². The summed E-state index contributed by atoms with van der Waals surface area (Å²) < 4.78 is 0. The van der Waals surface area contributed by atoms with Crippen molar-refractivity contribution in [3.05, 3.63) is 59.7 Å². The Morgan fingerprint density at radius 3 is 1.80 bits per heavy atom. The van der Waals surface area contributed by atoms with Gasteiger partial charge in [0, 0.05) is 0 Å². The molecule has 2 aromatic rings. The summed E-state index contributed by atoms with van der Waals surface area (Å²) in [5, 5.41) is 0. The Morgan fingerprint density at radius 1 is 0.867 bits per heavy atom. The molecule has 72 valence electrons. The van der Waals surface area contributed by atoms with Crippen molar-refractivity contribution in [2.45, 2.75) is 5.92 Å². The molecule has 1 aliphatic rings. The molecule has 0 spiro atoms. The Bertz CT molecular complexity index is 488. The van der Waals surface area contributed by atoms with Gasteiger partial charge in [0.15, 0.2) is 0 Å². The summed E-state index contributed by atoms with van der Waals surface area (Å²) >= 11 is 0. The van der Waals surface area contributed by atoms with Crippen molar-refractivity contribution in [3.8, 4) is 11.1 Å². The van der Waals surface area contributed by atoms with Crippen LogP contribution in [-0.2, 0) is 4.79 Å². The normalized spacial score (nSPS) is 13.3. The van der Waals surface area contributed by atoms with Gasteiger partial charge in [0.05, 0.1) is 5.92 Å². The Labute approximate surface area is 89.9 Å². The lowest BCUT2D eigenvalue weighted by Gasteiger charge is -2.03. The highest BCUT2D eigenvalue weighted by Gasteiger charge is 2.26. The number of hydrogen-bond acceptors (Lipinski definition) is 1. The van der Waals surface area contributed by atoms with E-state index in [1.54, 1.807) is 0 Å². The molecule has 0 fully saturated rings. The summed E-state index contributed by atoms with van der Waals surface area (Å²) in [7, 11) is 0. The number of carbonyl (C=O) groups excluding carboxylic acids is 1. The largest absolute Gasteiger partial charge is 1.00 e. The van der Waals surface area contributed by atoms with Crippen molar-refractivity contribution in [2.24, 2.45) is 0 Å². The highest BCUT2D eigenvalue weighted by molar-refractivity contribution is 5.87. The molecule has 3 rings (SSSR count). The zero-order valence-corrected chi connectivity index (χ0v) is 8.18. The lowest BCUT2D eigenvalue weighted by Crippen LogP contribution is -1.96. The molecule has 1 heteroatoms. The summed E-state index contributed by atoms with van der Waals surface area (Å²) in [6.45, 7) is 0. The van der Waals surface area contributed by atoms with Gasteiger partial charge in [-0.25, -0.2) is 0 Å². The molecule has 0 saturated carbocycles. The van der Waals surface area contributed by atoms with Crippen molar-refractivity contribution in [2.75, 3.05) is 0 Å². The Kier molecular flexibility index (Phi) is 1.72. The highest BCUT2D eigenvalue weighted by atomic mass is 16.1. The minimum atomic E-state index is -0.0719. The monoisotopic (exact) mass is 195 g/mol. The topological polar surface area (TPSA) is 17.1 Å². The van der Waals surface area contributed by atoms with Crippen LogP contribution in [0.2, 0.25) is 0 Å². The van der Waals surface area contributed by atoms with Crippen molar-refractivity contribution >= 4 is 6.29 Å². The third kappa shape index (κ3) is 1.06. The van der Waals surface area contributed by atoms with Crippen LogP contribution in [0.25, 0.3) is 11.1 Å². The van der Waals surface area contributed by atoms with E-state index >= 15 is 0 Å². The van der Waals surface area contributed by atoms with Gasteiger partial charge in [0.25, 0.3) is 0 Å². The molecule has 0 aromatic heterocycles. The molecule has 0 atom stereocenters. The van der Waals surface area contributed by atoms with Crippen LogP contribution in [0.3, 0.4) is 0 Å². The Hall–Kier alpha value is -1.89. The maximum absolute atomic E-state index is 11.1. The number of aldehydes is 1. The fourth-order valence-corrected chi connectivity index (χ4v) is 2.34. The van der Waals surface area contributed by atoms with E-state index in [0.29, 0.717) is 0 Å². The molecular formula is C14H11O+. The zero-order chi connectivity index (χ0) is 10.3. The van der Waals surface area contributed by atoms with Crippen LogP contribution in [0, 0.1) is 0 Å². The summed E-state index contributed by atoms with van der Waals surface area (Å²) in [5.74, 6) is -0.0719. The van der Waals surface area contributed by atoms with Crippen LogP contribution >= 0.6 is 0 Å². The molecule has 1 aliphatic carbocycles. The fraction of sp³-hybridized carbons (Fsp3) is 0.0714. The molecule has 0 heterocycles. The quantitative estimate of drug-likeness (QED) is 0.639. The minimum absolute atomic E-state index is 0. The minimum Gasteiger partial charge on any atom is -0.302 e. The van der Waals surface area contributed by atoms with Gasteiger partial charge in [-0.15, -0.1) is 0 Å². The predicted molar refractivity (Wildman–Crippen MR) is 60.9 cm³/mol. The number of fused-ring (bicyclic) bond motifs is 3. The third-order valence-corrected chi connectivity index (χ3v) is 3.02. The molecule has 0 unspecified atom stereocenters. The molecule has 2 aromatic carbocycles. The second kappa shape index (κ2) is 3.06. The Balaban J connectivity index is 0.000000963. The van der Waals surface area contributed by atoms with Crippen molar-refractivity contribution in [1.29, 1.82) is 0 Å². The van der Waals surface area contributed by atoms with Gasteiger partial charge in [0.2, 0.25) is 0 Å². The van der Waals surface area contributed by atoms with E-state index in [4.69, 9.17) is 0 Å². The van der Waals surface area contributed by atoms with E-state index in [2.05, 4.69) is 12.1 Å². The molecule has 0 amide bonds. The van der Waals surface area contributed by atoms with Crippen LogP contribution in [0.5, 0.6) is 0 Å². The van der Waals surface area contributed by atoms with Crippen LogP contribution in [0.15, 0.2) is 48.5 Å². The first-order chi connectivity index (χ1) is 7.42. The number of benzene rings is 2. The molecule has 15 heavy (non-hydrogen) atoms. The summed E-state index contributed by atoms with van der Waals surface area (Å²) in [6, 6.07) is 16.2. The predicted octanol–water partition coefficient (Wildman–Crippen LogP) is 3.11. The number of hydrogen-bond donors (Lipinski definition) is 0. The van der Waals surface area contributed by atoms with Gasteiger partial charge in [-0.3, -0.25) is 0 Å². The zero-order valence-electron chi connectivity index (χ0n) is 9.18. The summed E-state index contributed by atoms with van der Waals surface area (Å²) in [4.78, 5) is 11.1. The van der Waals surface area contributed by atoms with Crippen LogP contribution in [-0.4, -0.2) is 6.29 Å². The average Bonchev–Trinajstić information content (AvgIpc) is 2.63. The lowest BCUT2D eigenvalue weighted by atomic mass is 9.99. The number of rotatable bonds is 1. The second-order valence-electron chi connectivity index (χ2n) is 3.79. The molecular weight excluding hydrogens is 184 g/mol. The van der Waals surface area contributed by atoms with Crippen molar-refractivity contribution in [1.82, 2.24) is 0 Å². The summed E-state index contributed by atoms with van der Waals surface area (Å²) in [6.07, 6.45) is 1.03. The van der Waals surface area contributed by atoms with Gasteiger partial charge < -0.3 is 4.79 Å². The standard InChI is InChI=1S/C14H10O/c15-9-14-12-7-3-1-5-10(12)11-6-2-4-8-13(11)14/h1-9,14H/p+1. The average molecular weight is 195 g/mol. The molecule has 0 radical (unpaired) electrons. The first kappa shape index (κ1) is 8.42. The SMILES string of the molecule is O=CC1c2ccccc2-c2ccccc21.[H+]. The molecule has 0 saturated heterocycles. The van der Waals surface area contributed by atoms with E-state index in [1.807, 2.05) is 36.4 Å². The number of carbonyl (C=O) groups is 1. The lowest BCUT2D eigenvalue weighted by molar-refractivity contribution is -0.108. The second-order valence-corrected chi connectivity index (χ2v) is 3.79. The first-order valence-corrected chi connectivity index (χ1v) is 5.05. The molecule has 0 aliphatic heterocycles. The molecule has 0 N–H and O–H groups in total. The van der Waals surface area contributed by atoms with Gasteiger partial charge in [-0.1, -0.05) is 48.5 Å². The van der Waals surface area contributed by atoms with Crippen LogP contribution < -0.4 is 0 Å². The maximum atomic E-state index is 11.1. The molecule has 1 nitrogen and oxygen atoms in total. The van der Waals surface area contributed by atoms with Gasteiger partial charge >= 0.3 is 1.43 Å². The van der Waals surface area contributed by atoms with Crippen molar-refractivity contribution in [3.63, 3.8) is 0 Å². The van der Waals surface area contributed by atoms with Gasteiger partial charge in [-0.2, -0.15) is 0 Å². The smallest absolute Gasteiger partial charge is 0.302 e. The van der Waals surface area contributed by atoms with E-state index in [-0.39, 0.29) is 7.34 Å². The summed E-state index contributed by atoms with van der Waals surface area (Å²) in [5.41, 5.74) is 4.66. The maximum Gasteiger partial charge on any atom is 1.00 e. The van der Waals surface area contributed by atoms with E-state index in [1.165, 1.54) is 11.1 Å². The van der Waals surface area contributed by atoms with Crippen LogP contribution in [0.4, 0.5) is 0 Å². The molecule has 0 bridgehead atoms. The third-order valence-electron chi connectivity index (χ3n) is 3.02. The van der Waals surface area contributed by atoms with Gasteiger partial charge in [-0.05, 0) is 22.3 Å². The van der Waals surface area contributed by atoms with Crippen molar-refractivity contribution < 1.29 is 6.22 Å². The fourth-order valence-electron chi connectivity index (χ4n) is 2.34. The van der Waals surface area contributed by atoms with E-state index in [0.717, 1.165) is 17.4 Å². The van der Waals surface area contributed by atoms with E-state index < -0.39 is 0 Å². The van der Waals surface area contributed by atoms with Gasteiger partial charge in [0.1, 0.15) is 6.29 Å².